The lowest BCUT2D eigenvalue weighted by molar-refractivity contribution is 0.404. The summed E-state index contributed by atoms with van der Waals surface area (Å²) in [5.41, 5.74) is 0.819. The zero-order valence-electron chi connectivity index (χ0n) is 9.34. The average Bonchev–Trinajstić information content (AvgIpc) is 2.30. The third-order valence-corrected chi connectivity index (χ3v) is 2.35. The van der Waals surface area contributed by atoms with Crippen molar-refractivity contribution in [2.75, 3.05) is 26.1 Å². The standard InChI is InChI=1S/C12H14ClNO2/c1-4-5-6-14-10-8-11(15-2)9(13)7-12(10)16-3/h1,7-8,14H,5-6H2,2-3H3. The molecule has 4 heteroatoms. The SMILES string of the molecule is C#CCCNc1cc(OC)c(Cl)cc1OC. The first kappa shape index (κ1) is 12.5. The molecule has 0 spiro atoms. The van der Waals surface area contributed by atoms with Crippen LogP contribution in [0.4, 0.5) is 5.69 Å². The molecule has 3 nitrogen and oxygen atoms in total. The number of ether oxygens (including phenoxy) is 2. The molecule has 0 saturated carbocycles. The van der Waals surface area contributed by atoms with Crippen LogP contribution in [0.25, 0.3) is 0 Å². The van der Waals surface area contributed by atoms with E-state index in [0.717, 1.165) is 5.69 Å². The lowest BCUT2D eigenvalue weighted by atomic mass is 10.2. The Kier molecular flexibility index (Phi) is 4.81. The molecule has 0 aliphatic carbocycles. The maximum Gasteiger partial charge on any atom is 0.143 e. The van der Waals surface area contributed by atoms with Crippen molar-refractivity contribution < 1.29 is 9.47 Å². The van der Waals surface area contributed by atoms with Crippen LogP contribution in [0.2, 0.25) is 5.02 Å². The molecule has 0 radical (unpaired) electrons. The smallest absolute Gasteiger partial charge is 0.143 e. The van der Waals surface area contributed by atoms with Gasteiger partial charge in [-0.2, -0.15) is 0 Å². The molecule has 0 aliphatic rings. The number of hydrogen-bond acceptors (Lipinski definition) is 3. The molecule has 0 aliphatic heterocycles. The Morgan fingerprint density at radius 1 is 1.31 bits per heavy atom. The second-order valence-electron chi connectivity index (χ2n) is 3.07. The summed E-state index contributed by atoms with van der Waals surface area (Å²) in [7, 11) is 3.16. The number of halogens is 1. The summed E-state index contributed by atoms with van der Waals surface area (Å²) in [6.07, 6.45) is 5.82. The van der Waals surface area contributed by atoms with E-state index in [2.05, 4.69) is 11.2 Å². The van der Waals surface area contributed by atoms with Crippen LogP contribution in [0.5, 0.6) is 11.5 Å². The normalized spacial score (nSPS) is 9.38. The van der Waals surface area contributed by atoms with Crippen molar-refractivity contribution in [2.45, 2.75) is 6.42 Å². The van der Waals surface area contributed by atoms with Gasteiger partial charge < -0.3 is 14.8 Å². The third kappa shape index (κ3) is 2.98. The topological polar surface area (TPSA) is 30.5 Å². The van der Waals surface area contributed by atoms with Crippen molar-refractivity contribution in [3.63, 3.8) is 0 Å². The van der Waals surface area contributed by atoms with Crippen molar-refractivity contribution >= 4 is 17.3 Å². The van der Waals surface area contributed by atoms with Crippen LogP contribution < -0.4 is 14.8 Å². The molecule has 0 bridgehead atoms. The van der Waals surface area contributed by atoms with Crippen LogP contribution in [0.1, 0.15) is 6.42 Å². The van der Waals surface area contributed by atoms with Gasteiger partial charge in [-0.25, -0.2) is 0 Å². The molecule has 0 amide bonds. The molecule has 16 heavy (non-hydrogen) atoms. The Hall–Kier alpha value is -1.53. The zero-order valence-corrected chi connectivity index (χ0v) is 10.1. The number of terminal acetylenes is 1. The molecule has 0 heterocycles. The highest BCUT2D eigenvalue weighted by Crippen LogP contribution is 2.35. The molecule has 0 saturated heterocycles. The molecular formula is C12H14ClNO2. The summed E-state index contributed by atoms with van der Waals surface area (Å²) in [5, 5.41) is 3.68. The predicted octanol–water partition coefficient (Wildman–Crippen LogP) is 2.79. The molecule has 1 rings (SSSR count). The van der Waals surface area contributed by atoms with Gasteiger partial charge in [0.2, 0.25) is 0 Å². The Morgan fingerprint density at radius 2 is 2.00 bits per heavy atom. The Balaban J connectivity index is 2.92. The van der Waals surface area contributed by atoms with E-state index in [1.165, 1.54) is 0 Å². The van der Waals surface area contributed by atoms with Crippen molar-refractivity contribution in [2.24, 2.45) is 0 Å². The highest BCUT2D eigenvalue weighted by molar-refractivity contribution is 6.32. The first-order valence-corrected chi connectivity index (χ1v) is 5.19. The molecular weight excluding hydrogens is 226 g/mol. The van der Waals surface area contributed by atoms with Crippen LogP contribution in [0.3, 0.4) is 0 Å². The van der Waals surface area contributed by atoms with E-state index >= 15 is 0 Å². The first-order chi connectivity index (χ1) is 7.72. The second-order valence-corrected chi connectivity index (χ2v) is 3.48. The quantitative estimate of drug-likeness (QED) is 0.633. The van der Waals surface area contributed by atoms with Crippen LogP contribution in [0, 0.1) is 12.3 Å². The Bertz CT molecular complexity index is 399. The average molecular weight is 240 g/mol. The summed E-state index contributed by atoms with van der Waals surface area (Å²) >= 11 is 5.98. The minimum Gasteiger partial charge on any atom is -0.495 e. The van der Waals surface area contributed by atoms with Crippen LogP contribution in [-0.2, 0) is 0 Å². The minimum absolute atomic E-state index is 0.516. The van der Waals surface area contributed by atoms with E-state index in [1.807, 2.05) is 0 Å². The van der Waals surface area contributed by atoms with Gasteiger partial charge in [-0.15, -0.1) is 12.3 Å². The zero-order chi connectivity index (χ0) is 12.0. The van der Waals surface area contributed by atoms with Gasteiger partial charge in [0.15, 0.2) is 0 Å². The van der Waals surface area contributed by atoms with E-state index in [0.29, 0.717) is 29.5 Å². The third-order valence-electron chi connectivity index (χ3n) is 2.06. The maximum absolute atomic E-state index is 5.98. The van der Waals surface area contributed by atoms with Crippen LogP contribution in [0.15, 0.2) is 12.1 Å². The lowest BCUT2D eigenvalue weighted by Gasteiger charge is -2.13. The maximum atomic E-state index is 5.98. The molecule has 1 aromatic rings. The van der Waals surface area contributed by atoms with Crippen molar-refractivity contribution in [3.05, 3.63) is 17.2 Å². The van der Waals surface area contributed by atoms with Crippen molar-refractivity contribution in [3.8, 4) is 23.8 Å². The van der Waals surface area contributed by atoms with Gasteiger partial charge in [0.25, 0.3) is 0 Å². The monoisotopic (exact) mass is 239 g/mol. The molecule has 0 fully saturated rings. The Morgan fingerprint density at radius 3 is 2.56 bits per heavy atom. The van der Waals surface area contributed by atoms with Gasteiger partial charge in [-0.05, 0) is 0 Å². The summed E-state index contributed by atoms with van der Waals surface area (Å²) in [6.45, 7) is 0.678. The number of hydrogen-bond donors (Lipinski definition) is 1. The van der Waals surface area contributed by atoms with Crippen molar-refractivity contribution in [1.82, 2.24) is 0 Å². The minimum atomic E-state index is 0.516. The van der Waals surface area contributed by atoms with Gasteiger partial charge in [-0.1, -0.05) is 11.6 Å². The summed E-state index contributed by atoms with van der Waals surface area (Å²) in [6, 6.07) is 3.50. The van der Waals surface area contributed by atoms with E-state index < -0.39 is 0 Å². The van der Waals surface area contributed by atoms with Crippen LogP contribution in [-0.4, -0.2) is 20.8 Å². The predicted molar refractivity (Wildman–Crippen MR) is 66.5 cm³/mol. The van der Waals surface area contributed by atoms with Gasteiger partial charge in [0.05, 0.1) is 24.9 Å². The lowest BCUT2D eigenvalue weighted by Crippen LogP contribution is -2.03. The fourth-order valence-electron chi connectivity index (χ4n) is 1.27. The number of rotatable bonds is 5. The summed E-state index contributed by atoms with van der Waals surface area (Å²) < 4.78 is 10.3. The van der Waals surface area contributed by atoms with Gasteiger partial charge >= 0.3 is 0 Å². The molecule has 1 N–H and O–H groups in total. The van der Waals surface area contributed by atoms with Gasteiger partial charge in [-0.3, -0.25) is 0 Å². The summed E-state index contributed by atoms with van der Waals surface area (Å²) in [4.78, 5) is 0. The molecule has 1 aromatic carbocycles. The van der Waals surface area contributed by atoms with Gasteiger partial charge in [0, 0.05) is 25.1 Å². The fourth-order valence-corrected chi connectivity index (χ4v) is 1.50. The largest absolute Gasteiger partial charge is 0.495 e. The molecule has 0 atom stereocenters. The highest BCUT2D eigenvalue weighted by Gasteiger charge is 2.08. The van der Waals surface area contributed by atoms with E-state index in [4.69, 9.17) is 27.5 Å². The fraction of sp³-hybridized carbons (Fsp3) is 0.333. The summed E-state index contributed by atoms with van der Waals surface area (Å²) in [5.74, 6) is 3.83. The van der Waals surface area contributed by atoms with E-state index in [-0.39, 0.29) is 0 Å². The van der Waals surface area contributed by atoms with Crippen LogP contribution >= 0.6 is 11.6 Å². The van der Waals surface area contributed by atoms with Gasteiger partial charge in [0.1, 0.15) is 11.5 Å². The number of methoxy groups -OCH3 is 2. The van der Waals surface area contributed by atoms with Crippen molar-refractivity contribution in [1.29, 1.82) is 0 Å². The second kappa shape index (κ2) is 6.14. The number of benzene rings is 1. The molecule has 0 unspecified atom stereocenters. The number of nitrogens with one attached hydrogen (secondary N) is 1. The Labute approximate surface area is 101 Å². The molecule has 86 valence electrons. The van der Waals surface area contributed by atoms with E-state index in [1.54, 1.807) is 26.4 Å². The van der Waals surface area contributed by atoms with E-state index in [9.17, 15) is 0 Å². The molecule has 0 aromatic heterocycles. The first-order valence-electron chi connectivity index (χ1n) is 4.81. The number of anilines is 1. The highest BCUT2D eigenvalue weighted by atomic mass is 35.5.